The van der Waals surface area contributed by atoms with Gasteiger partial charge in [0.25, 0.3) is 5.91 Å². The maximum atomic E-state index is 14.0. The van der Waals surface area contributed by atoms with E-state index in [9.17, 15) is 14.0 Å². The highest BCUT2D eigenvalue weighted by Crippen LogP contribution is 2.45. The third-order valence-electron chi connectivity index (χ3n) is 6.87. The van der Waals surface area contributed by atoms with Crippen molar-refractivity contribution in [2.24, 2.45) is 0 Å². The van der Waals surface area contributed by atoms with Gasteiger partial charge in [-0.2, -0.15) is 0 Å². The minimum Gasteiger partial charge on any atom is -0.496 e. The fraction of sp³-hybridized carbons (Fsp3) is 0.226. The van der Waals surface area contributed by atoms with E-state index in [0.717, 1.165) is 28.2 Å². The number of likely N-dealkylation sites (N-methyl/N-ethyl adjacent to an activating group) is 1. The maximum Gasteiger partial charge on any atom is 0.353 e. The second-order valence-electron chi connectivity index (χ2n) is 10.2. The monoisotopic (exact) mass is 594 g/mol. The van der Waals surface area contributed by atoms with Gasteiger partial charge in [-0.15, -0.1) is 11.3 Å². The second kappa shape index (κ2) is 11.1. The second-order valence-corrected chi connectivity index (χ2v) is 11.9. The highest BCUT2D eigenvalue weighted by atomic mass is 35.5. The lowest BCUT2D eigenvalue weighted by molar-refractivity contribution is -0.121. The van der Waals surface area contributed by atoms with Crippen LogP contribution in [0.25, 0.3) is 11.1 Å². The van der Waals surface area contributed by atoms with Crippen LogP contribution in [-0.4, -0.2) is 31.6 Å². The zero-order valence-corrected chi connectivity index (χ0v) is 24.7. The van der Waals surface area contributed by atoms with Gasteiger partial charge in [0.05, 0.1) is 22.8 Å². The number of fused-ring (bicyclic) bond motifs is 1. The summed E-state index contributed by atoms with van der Waals surface area (Å²) in [5.41, 5.74) is 3.49. The number of aryl methyl sites for hydroxylation is 1. The summed E-state index contributed by atoms with van der Waals surface area (Å²) in [5.74, 6) is 0.0811. The van der Waals surface area contributed by atoms with E-state index in [2.05, 4.69) is 5.32 Å². The molecule has 0 spiro atoms. The van der Waals surface area contributed by atoms with Gasteiger partial charge in [0, 0.05) is 30.3 Å². The van der Waals surface area contributed by atoms with Crippen LogP contribution in [0.4, 0.5) is 15.8 Å². The fourth-order valence-electron chi connectivity index (χ4n) is 4.85. The SMILES string of the molecule is COc1cc(OC(=O)c2ccc(Cl)s2)ccc1-c1ccc2c(c1COc1cc(F)ccc1C)N(C)C(=O)C(C)(C)N2. The van der Waals surface area contributed by atoms with E-state index in [-0.39, 0.29) is 12.5 Å². The highest BCUT2D eigenvalue weighted by Gasteiger charge is 2.38. The first-order valence-corrected chi connectivity index (χ1v) is 13.9. The Balaban J connectivity index is 1.58. The van der Waals surface area contributed by atoms with Crippen LogP contribution in [0.3, 0.4) is 0 Å². The molecule has 41 heavy (non-hydrogen) atoms. The lowest BCUT2D eigenvalue weighted by atomic mass is 9.91. The number of hydrogen-bond acceptors (Lipinski definition) is 7. The topological polar surface area (TPSA) is 77.1 Å². The number of esters is 1. The average Bonchev–Trinajstić information content (AvgIpc) is 3.38. The standard InChI is InChI=1S/C31H28ClFN2O5S/c1-17-6-7-18(33)14-24(17)39-16-22-20(10-11-23-28(22)35(4)30(37)31(2,3)34-23)21-9-8-19(15-25(21)38-5)40-29(36)26-12-13-27(32)41-26/h6-15,34H,16H2,1-5H3. The Bertz CT molecular complexity index is 1670. The van der Waals surface area contributed by atoms with Crippen molar-refractivity contribution in [1.82, 2.24) is 0 Å². The van der Waals surface area contributed by atoms with E-state index in [1.165, 1.54) is 19.2 Å². The van der Waals surface area contributed by atoms with Crippen molar-refractivity contribution in [2.45, 2.75) is 32.9 Å². The molecular formula is C31H28ClFN2O5S. The van der Waals surface area contributed by atoms with Crippen LogP contribution in [0.15, 0.2) is 60.7 Å². The van der Waals surface area contributed by atoms with Crippen molar-refractivity contribution < 1.29 is 28.2 Å². The van der Waals surface area contributed by atoms with Gasteiger partial charge in [-0.3, -0.25) is 4.79 Å². The molecule has 0 saturated heterocycles. The molecule has 5 rings (SSSR count). The molecule has 1 amide bonds. The molecule has 0 bridgehead atoms. The molecule has 0 saturated carbocycles. The molecule has 0 fully saturated rings. The number of carbonyl (C=O) groups is 2. The summed E-state index contributed by atoms with van der Waals surface area (Å²) < 4.78 is 31.9. The average molecular weight is 595 g/mol. The fourth-order valence-corrected chi connectivity index (χ4v) is 5.77. The Morgan fingerprint density at radius 1 is 1.05 bits per heavy atom. The molecule has 0 aliphatic carbocycles. The zero-order valence-electron chi connectivity index (χ0n) is 23.1. The van der Waals surface area contributed by atoms with Gasteiger partial charge >= 0.3 is 5.97 Å². The van der Waals surface area contributed by atoms with E-state index in [0.29, 0.717) is 43.3 Å². The Morgan fingerprint density at radius 3 is 2.51 bits per heavy atom. The van der Waals surface area contributed by atoms with Crippen LogP contribution in [0.5, 0.6) is 17.2 Å². The van der Waals surface area contributed by atoms with Gasteiger partial charge in [-0.25, -0.2) is 9.18 Å². The van der Waals surface area contributed by atoms with Crippen molar-refractivity contribution in [2.75, 3.05) is 24.4 Å². The van der Waals surface area contributed by atoms with Crippen molar-refractivity contribution in [3.05, 3.63) is 86.8 Å². The van der Waals surface area contributed by atoms with Crippen molar-refractivity contribution in [3.63, 3.8) is 0 Å². The number of anilines is 2. The number of nitrogens with one attached hydrogen (secondary N) is 1. The molecule has 4 aromatic rings. The number of thiophene rings is 1. The third kappa shape index (κ3) is 5.60. The number of ether oxygens (including phenoxy) is 3. The minimum atomic E-state index is -0.809. The van der Waals surface area contributed by atoms with Crippen LogP contribution < -0.4 is 24.4 Å². The summed E-state index contributed by atoms with van der Waals surface area (Å²) in [6.45, 7) is 5.52. The molecule has 3 aromatic carbocycles. The lowest BCUT2D eigenvalue weighted by Gasteiger charge is -2.39. The minimum absolute atomic E-state index is 0.0432. The summed E-state index contributed by atoms with van der Waals surface area (Å²) in [6.07, 6.45) is 0. The molecule has 212 valence electrons. The number of amides is 1. The summed E-state index contributed by atoms with van der Waals surface area (Å²) in [6, 6.07) is 16.5. The summed E-state index contributed by atoms with van der Waals surface area (Å²) in [4.78, 5) is 27.8. The Morgan fingerprint density at radius 2 is 1.80 bits per heavy atom. The quantitative estimate of drug-likeness (QED) is 0.176. The van der Waals surface area contributed by atoms with Crippen LogP contribution in [-0.2, 0) is 11.4 Å². The molecule has 1 aliphatic rings. The molecule has 10 heteroatoms. The van der Waals surface area contributed by atoms with Crippen molar-refractivity contribution in [3.8, 4) is 28.4 Å². The largest absolute Gasteiger partial charge is 0.496 e. The number of hydrogen-bond donors (Lipinski definition) is 1. The molecule has 0 atom stereocenters. The normalized spacial score (nSPS) is 13.8. The smallest absolute Gasteiger partial charge is 0.353 e. The number of halogens is 2. The van der Waals surface area contributed by atoms with E-state index in [4.69, 9.17) is 25.8 Å². The van der Waals surface area contributed by atoms with Crippen LogP contribution in [0.1, 0.15) is 34.6 Å². The number of rotatable bonds is 7. The maximum absolute atomic E-state index is 14.0. The van der Waals surface area contributed by atoms with Crippen LogP contribution >= 0.6 is 22.9 Å². The highest BCUT2D eigenvalue weighted by molar-refractivity contribution is 7.17. The van der Waals surface area contributed by atoms with E-state index < -0.39 is 17.3 Å². The zero-order chi connectivity index (χ0) is 29.5. The van der Waals surface area contributed by atoms with Gasteiger partial charge in [0.2, 0.25) is 0 Å². The number of methoxy groups -OCH3 is 1. The predicted molar refractivity (Wildman–Crippen MR) is 159 cm³/mol. The molecule has 0 unspecified atom stereocenters. The Labute approximate surface area is 246 Å². The van der Waals surface area contributed by atoms with Gasteiger partial charge in [-0.1, -0.05) is 23.7 Å². The van der Waals surface area contributed by atoms with E-state index in [1.807, 2.05) is 32.9 Å². The lowest BCUT2D eigenvalue weighted by Crippen LogP contribution is -2.52. The van der Waals surface area contributed by atoms with Gasteiger partial charge in [-0.05, 0) is 68.3 Å². The molecular weight excluding hydrogens is 567 g/mol. The first kappa shape index (κ1) is 28.4. The Hall–Kier alpha value is -4.08. The summed E-state index contributed by atoms with van der Waals surface area (Å²) in [5, 5.41) is 3.33. The van der Waals surface area contributed by atoms with Gasteiger partial charge in [0.15, 0.2) is 0 Å². The van der Waals surface area contributed by atoms with Crippen molar-refractivity contribution >= 4 is 46.2 Å². The molecule has 2 heterocycles. The van der Waals surface area contributed by atoms with Gasteiger partial charge in [0.1, 0.15) is 40.1 Å². The molecule has 1 N–H and O–H groups in total. The van der Waals surface area contributed by atoms with Gasteiger partial charge < -0.3 is 24.4 Å². The van der Waals surface area contributed by atoms with E-state index in [1.54, 1.807) is 48.3 Å². The molecule has 1 aliphatic heterocycles. The predicted octanol–water partition coefficient (Wildman–Crippen LogP) is 7.49. The van der Waals surface area contributed by atoms with Crippen molar-refractivity contribution in [1.29, 1.82) is 0 Å². The summed E-state index contributed by atoms with van der Waals surface area (Å²) in [7, 11) is 3.25. The molecule has 1 aromatic heterocycles. The number of carbonyl (C=O) groups excluding carboxylic acids is 2. The first-order valence-electron chi connectivity index (χ1n) is 12.8. The Kier molecular flexibility index (Phi) is 7.68. The van der Waals surface area contributed by atoms with Crippen LogP contribution in [0, 0.1) is 12.7 Å². The summed E-state index contributed by atoms with van der Waals surface area (Å²) >= 11 is 7.09. The first-order chi connectivity index (χ1) is 19.5. The third-order valence-corrected chi connectivity index (χ3v) is 8.09. The van der Waals surface area contributed by atoms with Crippen LogP contribution in [0.2, 0.25) is 4.34 Å². The van der Waals surface area contributed by atoms with E-state index >= 15 is 0 Å². The number of nitrogens with zero attached hydrogens (tertiary/aromatic N) is 1. The molecule has 7 nitrogen and oxygen atoms in total. The number of benzene rings is 3. The molecule has 0 radical (unpaired) electrons.